The summed E-state index contributed by atoms with van der Waals surface area (Å²) in [5.41, 5.74) is 1.60. The highest BCUT2D eigenvalue weighted by atomic mass is 79.9. The van der Waals surface area contributed by atoms with E-state index in [9.17, 15) is 5.11 Å². The standard InChI is InChI=1S/C14H13BrO2/c1-17-13-9-5-3-7-11(13)14(16)10-6-2-4-8-12(10)15/h2-9,14,16H,1H3/t14-/m0/s1. The molecule has 2 nitrogen and oxygen atoms in total. The van der Waals surface area contributed by atoms with Crippen LogP contribution in [0, 0.1) is 0 Å². The first-order chi connectivity index (χ1) is 8.24. The van der Waals surface area contributed by atoms with E-state index in [1.165, 1.54) is 0 Å². The Morgan fingerprint density at radius 1 is 1.00 bits per heavy atom. The van der Waals surface area contributed by atoms with Gasteiger partial charge in [0.1, 0.15) is 11.9 Å². The molecule has 0 aliphatic heterocycles. The van der Waals surface area contributed by atoms with Gasteiger partial charge in [0, 0.05) is 10.0 Å². The zero-order valence-electron chi connectivity index (χ0n) is 9.43. The zero-order chi connectivity index (χ0) is 12.3. The van der Waals surface area contributed by atoms with Crippen molar-refractivity contribution in [1.82, 2.24) is 0 Å². The van der Waals surface area contributed by atoms with E-state index in [0.29, 0.717) is 5.75 Å². The summed E-state index contributed by atoms with van der Waals surface area (Å²) in [5.74, 6) is 0.691. The monoisotopic (exact) mass is 292 g/mol. The summed E-state index contributed by atoms with van der Waals surface area (Å²) in [7, 11) is 1.60. The van der Waals surface area contributed by atoms with E-state index in [1.807, 2.05) is 48.5 Å². The summed E-state index contributed by atoms with van der Waals surface area (Å²) in [6.07, 6.45) is -0.693. The Labute approximate surface area is 109 Å². The highest BCUT2D eigenvalue weighted by molar-refractivity contribution is 9.10. The van der Waals surface area contributed by atoms with Gasteiger partial charge in [-0.1, -0.05) is 52.3 Å². The molecule has 0 heterocycles. The number of aliphatic hydroxyl groups is 1. The number of para-hydroxylation sites is 1. The molecule has 1 N–H and O–H groups in total. The fourth-order valence-corrected chi connectivity index (χ4v) is 2.26. The van der Waals surface area contributed by atoms with E-state index in [-0.39, 0.29) is 0 Å². The van der Waals surface area contributed by atoms with Crippen molar-refractivity contribution >= 4 is 15.9 Å². The number of hydrogen-bond donors (Lipinski definition) is 1. The molecular weight excluding hydrogens is 280 g/mol. The van der Waals surface area contributed by atoms with Crippen LogP contribution in [-0.4, -0.2) is 12.2 Å². The minimum atomic E-state index is -0.693. The Morgan fingerprint density at radius 3 is 2.24 bits per heavy atom. The lowest BCUT2D eigenvalue weighted by atomic mass is 10.0. The predicted molar refractivity (Wildman–Crippen MR) is 71.2 cm³/mol. The van der Waals surface area contributed by atoms with Crippen molar-refractivity contribution in [2.24, 2.45) is 0 Å². The smallest absolute Gasteiger partial charge is 0.125 e. The minimum absolute atomic E-state index is 0.691. The maximum atomic E-state index is 10.4. The molecule has 0 spiro atoms. The maximum absolute atomic E-state index is 10.4. The molecule has 0 amide bonds. The van der Waals surface area contributed by atoms with Gasteiger partial charge in [-0.3, -0.25) is 0 Å². The van der Waals surface area contributed by atoms with Crippen LogP contribution < -0.4 is 4.74 Å². The molecule has 1 atom stereocenters. The van der Waals surface area contributed by atoms with Gasteiger partial charge in [-0.25, -0.2) is 0 Å². The normalized spacial score (nSPS) is 12.2. The first-order valence-electron chi connectivity index (χ1n) is 5.29. The van der Waals surface area contributed by atoms with E-state index in [1.54, 1.807) is 7.11 Å². The van der Waals surface area contributed by atoms with Crippen LogP contribution in [0.25, 0.3) is 0 Å². The van der Waals surface area contributed by atoms with Gasteiger partial charge >= 0.3 is 0 Å². The molecule has 88 valence electrons. The maximum Gasteiger partial charge on any atom is 0.125 e. The minimum Gasteiger partial charge on any atom is -0.496 e. The average Bonchev–Trinajstić information content (AvgIpc) is 2.38. The summed E-state index contributed by atoms with van der Waals surface area (Å²) in [5, 5.41) is 10.4. The molecular formula is C14H13BrO2. The molecule has 0 aliphatic carbocycles. The van der Waals surface area contributed by atoms with Crippen molar-refractivity contribution in [3.8, 4) is 5.75 Å². The molecule has 0 bridgehead atoms. The summed E-state index contributed by atoms with van der Waals surface area (Å²) >= 11 is 3.44. The van der Waals surface area contributed by atoms with Gasteiger partial charge < -0.3 is 9.84 Å². The second-order valence-corrected chi connectivity index (χ2v) is 4.52. The third kappa shape index (κ3) is 2.51. The molecule has 2 aromatic rings. The molecule has 0 radical (unpaired) electrons. The Balaban J connectivity index is 2.44. The van der Waals surface area contributed by atoms with Crippen molar-refractivity contribution in [2.75, 3.05) is 7.11 Å². The Morgan fingerprint density at radius 2 is 1.59 bits per heavy atom. The first kappa shape index (κ1) is 12.1. The van der Waals surface area contributed by atoms with Crippen LogP contribution in [-0.2, 0) is 0 Å². The topological polar surface area (TPSA) is 29.5 Å². The second kappa shape index (κ2) is 5.34. The average molecular weight is 293 g/mol. The largest absolute Gasteiger partial charge is 0.496 e. The highest BCUT2D eigenvalue weighted by Crippen LogP contribution is 2.33. The molecule has 2 rings (SSSR count). The molecule has 0 unspecified atom stereocenters. The summed E-state index contributed by atoms with van der Waals surface area (Å²) < 4.78 is 6.14. The molecule has 2 aromatic carbocycles. The Hall–Kier alpha value is -1.32. The van der Waals surface area contributed by atoms with Crippen molar-refractivity contribution < 1.29 is 9.84 Å². The molecule has 0 aliphatic rings. The summed E-state index contributed by atoms with van der Waals surface area (Å²) in [6, 6.07) is 15.1. The third-order valence-electron chi connectivity index (χ3n) is 2.63. The van der Waals surface area contributed by atoms with Crippen LogP contribution in [0.3, 0.4) is 0 Å². The van der Waals surface area contributed by atoms with Crippen LogP contribution in [0.1, 0.15) is 17.2 Å². The van der Waals surface area contributed by atoms with Crippen LogP contribution in [0.5, 0.6) is 5.75 Å². The van der Waals surface area contributed by atoms with E-state index < -0.39 is 6.10 Å². The van der Waals surface area contributed by atoms with Crippen molar-refractivity contribution in [3.63, 3.8) is 0 Å². The lowest BCUT2D eigenvalue weighted by Crippen LogP contribution is -2.02. The fourth-order valence-electron chi connectivity index (χ4n) is 1.76. The van der Waals surface area contributed by atoms with Crippen molar-refractivity contribution in [1.29, 1.82) is 0 Å². The van der Waals surface area contributed by atoms with E-state index >= 15 is 0 Å². The van der Waals surface area contributed by atoms with Gasteiger partial charge in [-0.15, -0.1) is 0 Å². The van der Waals surface area contributed by atoms with Gasteiger partial charge in [0.15, 0.2) is 0 Å². The van der Waals surface area contributed by atoms with Gasteiger partial charge in [0.25, 0.3) is 0 Å². The summed E-state index contributed by atoms with van der Waals surface area (Å²) in [4.78, 5) is 0. The number of benzene rings is 2. The SMILES string of the molecule is COc1ccccc1[C@@H](O)c1ccccc1Br. The van der Waals surface area contributed by atoms with E-state index in [0.717, 1.165) is 15.6 Å². The van der Waals surface area contributed by atoms with Gasteiger partial charge in [0.2, 0.25) is 0 Å². The number of methoxy groups -OCH3 is 1. The molecule has 3 heteroatoms. The number of rotatable bonds is 3. The van der Waals surface area contributed by atoms with Crippen LogP contribution >= 0.6 is 15.9 Å². The molecule has 0 fully saturated rings. The predicted octanol–water partition coefficient (Wildman–Crippen LogP) is 3.54. The first-order valence-corrected chi connectivity index (χ1v) is 6.08. The van der Waals surface area contributed by atoms with Crippen LogP contribution in [0.2, 0.25) is 0 Å². The fraction of sp³-hybridized carbons (Fsp3) is 0.143. The van der Waals surface area contributed by atoms with Gasteiger partial charge in [0.05, 0.1) is 7.11 Å². The van der Waals surface area contributed by atoms with Crippen LogP contribution in [0.4, 0.5) is 0 Å². The van der Waals surface area contributed by atoms with Crippen LogP contribution in [0.15, 0.2) is 53.0 Å². The lowest BCUT2D eigenvalue weighted by Gasteiger charge is -2.16. The third-order valence-corrected chi connectivity index (χ3v) is 3.36. The number of aliphatic hydroxyl groups excluding tert-OH is 1. The Bertz CT molecular complexity index is 511. The number of hydrogen-bond acceptors (Lipinski definition) is 2. The Kier molecular flexibility index (Phi) is 3.82. The highest BCUT2D eigenvalue weighted by Gasteiger charge is 2.16. The lowest BCUT2D eigenvalue weighted by molar-refractivity contribution is 0.214. The molecule has 0 saturated carbocycles. The van der Waals surface area contributed by atoms with Gasteiger partial charge in [-0.05, 0) is 17.7 Å². The molecule has 17 heavy (non-hydrogen) atoms. The van der Waals surface area contributed by atoms with E-state index in [4.69, 9.17) is 4.74 Å². The van der Waals surface area contributed by atoms with Crippen molar-refractivity contribution in [3.05, 3.63) is 64.1 Å². The number of halogens is 1. The van der Waals surface area contributed by atoms with E-state index in [2.05, 4.69) is 15.9 Å². The quantitative estimate of drug-likeness (QED) is 0.938. The zero-order valence-corrected chi connectivity index (χ0v) is 11.0. The summed E-state index contributed by atoms with van der Waals surface area (Å²) in [6.45, 7) is 0. The second-order valence-electron chi connectivity index (χ2n) is 3.67. The van der Waals surface area contributed by atoms with Gasteiger partial charge in [-0.2, -0.15) is 0 Å². The van der Waals surface area contributed by atoms with Crippen molar-refractivity contribution in [2.45, 2.75) is 6.10 Å². The molecule has 0 aromatic heterocycles. The number of ether oxygens (including phenoxy) is 1. The molecule has 0 saturated heterocycles.